The number of amides is 2. The lowest BCUT2D eigenvalue weighted by atomic mass is 9.92. The van der Waals surface area contributed by atoms with E-state index in [1.807, 2.05) is 4.90 Å². The third-order valence-corrected chi connectivity index (χ3v) is 6.63. The molecule has 150 valence electrons. The van der Waals surface area contributed by atoms with Crippen molar-refractivity contribution in [1.82, 2.24) is 14.4 Å². The number of hydrogen-bond acceptors (Lipinski definition) is 6. The summed E-state index contributed by atoms with van der Waals surface area (Å²) in [5.74, 6) is 0.733. The van der Waals surface area contributed by atoms with E-state index in [0.717, 1.165) is 0 Å². The van der Waals surface area contributed by atoms with Gasteiger partial charge in [0, 0.05) is 44.1 Å². The molecule has 0 spiro atoms. The van der Waals surface area contributed by atoms with Crippen molar-refractivity contribution in [2.24, 2.45) is 11.8 Å². The fourth-order valence-corrected chi connectivity index (χ4v) is 4.58. The molecule has 10 heteroatoms. The summed E-state index contributed by atoms with van der Waals surface area (Å²) in [6.45, 7) is 3.63. The van der Waals surface area contributed by atoms with Crippen LogP contribution in [0.4, 0.5) is 5.82 Å². The lowest BCUT2D eigenvalue weighted by Crippen LogP contribution is -2.47. The van der Waals surface area contributed by atoms with E-state index in [1.54, 1.807) is 13.0 Å². The molecule has 3 rings (SSSR count). The van der Waals surface area contributed by atoms with Crippen molar-refractivity contribution in [1.29, 1.82) is 0 Å². The van der Waals surface area contributed by atoms with Crippen molar-refractivity contribution in [2.75, 3.05) is 37.8 Å². The number of anilines is 1. The standard InChI is InChI=1S/C17H26N4O5S/c1-12-11-15(19-26-12)18-16(22)13-3-7-20(8-4-13)17(23)14-5-9-21(10-6-14)27(2,24)25/h11,13-14H,3-10H2,1-2H3,(H,18,19,22). The van der Waals surface area contributed by atoms with Crippen LogP contribution >= 0.6 is 0 Å². The van der Waals surface area contributed by atoms with Crippen molar-refractivity contribution in [3.63, 3.8) is 0 Å². The Morgan fingerprint density at radius 3 is 2.22 bits per heavy atom. The molecular formula is C17H26N4O5S. The number of piperidine rings is 2. The Balaban J connectivity index is 1.46. The van der Waals surface area contributed by atoms with Crippen molar-refractivity contribution < 1.29 is 22.5 Å². The van der Waals surface area contributed by atoms with E-state index < -0.39 is 10.0 Å². The highest BCUT2D eigenvalue weighted by Crippen LogP contribution is 2.25. The van der Waals surface area contributed by atoms with Crippen LogP contribution in [-0.4, -0.2) is 67.0 Å². The first-order chi connectivity index (χ1) is 12.7. The lowest BCUT2D eigenvalue weighted by molar-refractivity contribution is -0.139. The number of carbonyl (C=O) groups is 2. The van der Waals surface area contributed by atoms with Gasteiger partial charge in [0.2, 0.25) is 21.8 Å². The van der Waals surface area contributed by atoms with Crippen LogP contribution in [0.5, 0.6) is 0 Å². The van der Waals surface area contributed by atoms with Crippen molar-refractivity contribution in [2.45, 2.75) is 32.6 Å². The number of likely N-dealkylation sites (tertiary alicyclic amines) is 1. The van der Waals surface area contributed by atoms with Gasteiger partial charge in [-0.25, -0.2) is 12.7 Å². The van der Waals surface area contributed by atoms with Gasteiger partial charge >= 0.3 is 0 Å². The number of carbonyl (C=O) groups excluding carboxylic acids is 2. The molecule has 0 bridgehead atoms. The minimum Gasteiger partial charge on any atom is -0.360 e. The summed E-state index contributed by atoms with van der Waals surface area (Å²) in [6, 6.07) is 1.67. The highest BCUT2D eigenvalue weighted by Gasteiger charge is 2.34. The van der Waals surface area contributed by atoms with E-state index in [9.17, 15) is 18.0 Å². The molecule has 27 heavy (non-hydrogen) atoms. The molecule has 9 nitrogen and oxygen atoms in total. The molecule has 2 aliphatic rings. The van der Waals surface area contributed by atoms with Gasteiger partial charge < -0.3 is 14.7 Å². The van der Waals surface area contributed by atoms with Gasteiger partial charge in [0.15, 0.2) is 5.82 Å². The molecule has 0 unspecified atom stereocenters. The molecule has 0 atom stereocenters. The van der Waals surface area contributed by atoms with E-state index in [2.05, 4.69) is 10.5 Å². The van der Waals surface area contributed by atoms with Gasteiger partial charge in [-0.2, -0.15) is 0 Å². The lowest BCUT2D eigenvalue weighted by Gasteiger charge is -2.36. The third-order valence-electron chi connectivity index (χ3n) is 5.33. The topological polar surface area (TPSA) is 113 Å². The number of rotatable bonds is 4. The quantitative estimate of drug-likeness (QED) is 0.804. The Hall–Kier alpha value is -1.94. The highest BCUT2D eigenvalue weighted by atomic mass is 32.2. The van der Waals surface area contributed by atoms with Crippen LogP contribution < -0.4 is 5.32 Å². The molecule has 2 saturated heterocycles. The Bertz CT molecular complexity index is 790. The van der Waals surface area contributed by atoms with Crippen molar-refractivity contribution in [3.8, 4) is 0 Å². The summed E-state index contributed by atoms with van der Waals surface area (Å²) in [6.07, 6.45) is 3.52. The van der Waals surface area contributed by atoms with Gasteiger partial charge in [-0.05, 0) is 32.6 Å². The van der Waals surface area contributed by atoms with E-state index in [0.29, 0.717) is 63.4 Å². The molecule has 1 aromatic rings. The predicted molar refractivity (Wildman–Crippen MR) is 98.3 cm³/mol. The molecule has 3 heterocycles. The smallest absolute Gasteiger partial charge is 0.228 e. The molecule has 2 aliphatic heterocycles. The zero-order valence-corrected chi connectivity index (χ0v) is 16.5. The van der Waals surface area contributed by atoms with Gasteiger partial charge in [-0.3, -0.25) is 9.59 Å². The average Bonchev–Trinajstić information content (AvgIpc) is 3.05. The van der Waals surface area contributed by atoms with Crippen LogP contribution in [0.1, 0.15) is 31.4 Å². The normalized spacial score (nSPS) is 20.6. The van der Waals surface area contributed by atoms with Crippen LogP contribution in [0.3, 0.4) is 0 Å². The summed E-state index contributed by atoms with van der Waals surface area (Å²) in [5.41, 5.74) is 0. The molecule has 2 amide bonds. The maximum absolute atomic E-state index is 12.7. The number of nitrogens with zero attached hydrogens (tertiary/aromatic N) is 3. The Morgan fingerprint density at radius 2 is 1.70 bits per heavy atom. The first-order valence-corrected chi connectivity index (χ1v) is 11.1. The molecule has 2 fully saturated rings. The van der Waals surface area contributed by atoms with Crippen LogP contribution in [0, 0.1) is 18.8 Å². The third kappa shape index (κ3) is 4.86. The molecular weight excluding hydrogens is 372 g/mol. The summed E-state index contributed by atoms with van der Waals surface area (Å²) < 4.78 is 29.5. The zero-order chi connectivity index (χ0) is 19.6. The van der Waals surface area contributed by atoms with Crippen molar-refractivity contribution in [3.05, 3.63) is 11.8 Å². The monoisotopic (exact) mass is 398 g/mol. The molecule has 0 aliphatic carbocycles. The van der Waals surface area contributed by atoms with Gasteiger partial charge in [-0.15, -0.1) is 0 Å². The number of sulfonamides is 1. The van der Waals surface area contributed by atoms with Gasteiger partial charge in [-0.1, -0.05) is 5.16 Å². The maximum atomic E-state index is 12.7. The SMILES string of the molecule is Cc1cc(NC(=O)C2CCN(C(=O)C3CCN(S(C)(=O)=O)CC3)CC2)no1. The second kappa shape index (κ2) is 7.97. The predicted octanol–water partition coefficient (Wildman–Crippen LogP) is 0.832. The van der Waals surface area contributed by atoms with Crippen molar-refractivity contribution >= 4 is 27.7 Å². The van der Waals surface area contributed by atoms with Gasteiger partial charge in [0.05, 0.1) is 6.26 Å². The second-order valence-electron chi connectivity index (χ2n) is 7.35. The largest absolute Gasteiger partial charge is 0.360 e. The van der Waals surface area contributed by atoms with E-state index in [-0.39, 0.29) is 23.7 Å². The maximum Gasteiger partial charge on any atom is 0.228 e. The Kier molecular flexibility index (Phi) is 5.85. The minimum absolute atomic E-state index is 0.0779. The number of nitrogens with one attached hydrogen (secondary N) is 1. The van der Waals surface area contributed by atoms with Gasteiger partial charge in [0.1, 0.15) is 5.76 Å². The molecule has 1 N–H and O–H groups in total. The summed E-state index contributed by atoms with van der Waals surface area (Å²) in [4.78, 5) is 26.9. The summed E-state index contributed by atoms with van der Waals surface area (Å²) >= 11 is 0. The first-order valence-electron chi connectivity index (χ1n) is 9.22. The van der Waals surface area contributed by atoms with Crippen LogP contribution in [-0.2, 0) is 19.6 Å². The van der Waals surface area contributed by atoms with Crippen LogP contribution in [0.2, 0.25) is 0 Å². The summed E-state index contributed by atoms with van der Waals surface area (Å²) in [5, 5.41) is 6.51. The van der Waals surface area contributed by atoms with Crippen LogP contribution in [0.25, 0.3) is 0 Å². The van der Waals surface area contributed by atoms with E-state index in [4.69, 9.17) is 4.52 Å². The molecule has 0 radical (unpaired) electrons. The fraction of sp³-hybridized carbons (Fsp3) is 0.706. The number of aryl methyl sites for hydroxylation is 1. The number of hydrogen-bond donors (Lipinski definition) is 1. The Morgan fingerprint density at radius 1 is 1.11 bits per heavy atom. The molecule has 1 aromatic heterocycles. The highest BCUT2D eigenvalue weighted by molar-refractivity contribution is 7.88. The second-order valence-corrected chi connectivity index (χ2v) is 9.33. The zero-order valence-electron chi connectivity index (χ0n) is 15.7. The number of aromatic nitrogens is 1. The van der Waals surface area contributed by atoms with E-state index >= 15 is 0 Å². The van der Waals surface area contributed by atoms with Crippen LogP contribution in [0.15, 0.2) is 10.6 Å². The average molecular weight is 398 g/mol. The van der Waals surface area contributed by atoms with Gasteiger partial charge in [0.25, 0.3) is 0 Å². The first kappa shape index (κ1) is 19.8. The Labute approximate surface area is 159 Å². The fourth-order valence-electron chi connectivity index (χ4n) is 3.71. The molecule has 0 saturated carbocycles. The molecule has 0 aromatic carbocycles. The van der Waals surface area contributed by atoms with E-state index in [1.165, 1.54) is 10.6 Å². The minimum atomic E-state index is -3.19. The summed E-state index contributed by atoms with van der Waals surface area (Å²) in [7, 11) is -3.19.